The van der Waals surface area contributed by atoms with Gasteiger partial charge in [0.05, 0.1) is 28.3 Å². The molecular weight excluding hydrogens is 553 g/mol. The third-order valence-corrected chi connectivity index (χ3v) is 6.48. The number of hydrogen-bond donors (Lipinski definition) is 1. The molecular formula is C31H29ClFNO5S. The van der Waals surface area contributed by atoms with E-state index in [2.05, 4.69) is 4.72 Å². The summed E-state index contributed by atoms with van der Waals surface area (Å²) < 4.78 is 33.3. The van der Waals surface area contributed by atoms with Crippen LogP contribution in [0, 0.1) is 5.82 Å². The topological polar surface area (TPSA) is 73.9 Å². The van der Waals surface area contributed by atoms with Gasteiger partial charge in [-0.1, -0.05) is 92.2 Å². The molecule has 0 aliphatic heterocycles. The molecule has 4 rings (SSSR count). The first-order valence-electron chi connectivity index (χ1n) is 12.5. The first-order chi connectivity index (χ1) is 19.4. The van der Waals surface area contributed by atoms with E-state index in [4.69, 9.17) is 25.8 Å². The Bertz CT molecular complexity index is 1420. The van der Waals surface area contributed by atoms with Crippen LogP contribution in [0.15, 0.2) is 95.9 Å². The smallest absolute Gasteiger partial charge is 0.344 e. The molecule has 4 aromatic rings. The molecule has 0 heterocycles. The zero-order chi connectivity index (χ0) is 28.9. The van der Waals surface area contributed by atoms with Gasteiger partial charge in [-0.3, -0.25) is 0 Å². The Labute approximate surface area is 242 Å². The normalized spacial score (nSPS) is 10.1. The van der Waals surface area contributed by atoms with Gasteiger partial charge in [-0.25, -0.2) is 14.0 Å². The fourth-order valence-electron chi connectivity index (χ4n) is 3.45. The molecule has 0 aliphatic carbocycles. The molecule has 0 fully saturated rings. The van der Waals surface area contributed by atoms with Crippen molar-refractivity contribution in [1.29, 1.82) is 0 Å². The van der Waals surface area contributed by atoms with Gasteiger partial charge in [0.15, 0.2) is 12.4 Å². The zero-order valence-corrected chi connectivity index (χ0v) is 23.9. The quantitative estimate of drug-likeness (QED) is 0.149. The molecule has 9 heteroatoms. The molecule has 0 spiro atoms. The number of hydrogen-bond acceptors (Lipinski definition) is 7. The zero-order valence-electron chi connectivity index (χ0n) is 22.3. The van der Waals surface area contributed by atoms with Crippen molar-refractivity contribution in [2.45, 2.75) is 25.3 Å². The highest BCUT2D eigenvalue weighted by Gasteiger charge is 2.19. The molecule has 0 radical (unpaired) electrons. The molecule has 0 saturated carbocycles. The van der Waals surface area contributed by atoms with E-state index in [1.54, 1.807) is 12.1 Å². The Morgan fingerprint density at radius 3 is 2.25 bits per heavy atom. The number of methoxy groups -OCH3 is 1. The maximum absolute atomic E-state index is 14.6. The second-order valence-electron chi connectivity index (χ2n) is 7.98. The molecule has 0 aromatic heterocycles. The van der Waals surface area contributed by atoms with Gasteiger partial charge in [0.25, 0.3) is 0 Å². The van der Waals surface area contributed by atoms with Crippen molar-refractivity contribution in [2.75, 3.05) is 18.4 Å². The van der Waals surface area contributed by atoms with Gasteiger partial charge in [0.1, 0.15) is 12.4 Å². The van der Waals surface area contributed by atoms with Crippen LogP contribution in [0.3, 0.4) is 0 Å². The Balaban J connectivity index is 0.00000216. The minimum absolute atomic E-state index is 0.0755. The summed E-state index contributed by atoms with van der Waals surface area (Å²) in [6, 6.07) is 26.4. The van der Waals surface area contributed by atoms with Crippen LogP contribution < -0.4 is 9.46 Å². The van der Waals surface area contributed by atoms with E-state index in [9.17, 15) is 14.0 Å². The van der Waals surface area contributed by atoms with Crippen LogP contribution in [0.2, 0.25) is 5.02 Å². The minimum Gasteiger partial charge on any atom is -0.479 e. The molecule has 40 heavy (non-hydrogen) atoms. The highest BCUT2D eigenvalue weighted by atomic mass is 35.5. The number of nitrogens with one attached hydrogen (secondary N) is 1. The molecule has 0 atom stereocenters. The van der Waals surface area contributed by atoms with Gasteiger partial charge in [0.2, 0.25) is 0 Å². The number of rotatable bonds is 10. The van der Waals surface area contributed by atoms with Gasteiger partial charge < -0.3 is 18.9 Å². The fraction of sp³-hybridized carbons (Fsp3) is 0.161. The third-order valence-electron chi connectivity index (χ3n) is 5.35. The van der Waals surface area contributed by atoms with Gasteiger partial charge in [-0.05, 0) is 52.9 Å². The molecule has 208 valence electrons. The van der Waals surface area contributed by atoms with E-state index < -0.39 is 24.4 Å². The van der Waals surface area contributed by atoms with Crippen LogP contribution in [0.4, 0.5) is 10.1 Å². The van der Waals surface area contributed by atoms with E-state index in [0.717, 1.165) is 28.6 Å². The predicted molar refractivity (Wildman–Crippen MR) is 157 cm³/mol. The van der Waals surface area contributed by atoms with Crippen LogP contribution in [-0.2, 0) is 20.9 Å². The van der Waals surface area contributed by atoms with E-state index in [-0.39, 0.29) is 28.6 Å². The van der Waals surface area contributed by atoms with Crippen LogP contribution in [0.1, 0.15) is 29.8 Å². The van der Waals surface area contributed by atoms with Crippen LogP contribution in [0.25, 0.3) is 11.1 Å². The maximum Gasteiger partial charge on any atom is 0.344 e. The second kappa shape index (κ2) is 15.5. The number of carbonyl (C=O) groups is 2. The number of ether oxygens (including phenoxy) is 3. The predicted octanol–water partition coefficient (Wildman–Crippen LogP) is 8.20. The van der Waals surface area contributed by atoms with Crippen molar-refractivity contribution in [3.8, 4) is 16.9 Å². The Morgan fingerprint density at radius 2 is 1.57 bits per heavy atom. The number of esters is 2. The van der Waals surface area contributed by atoms with Crippen molar-refractivity contribution >= 4 is 41.2 Å². The minimum atomic E-state index is -0.611. The van der Waals surface area contributed by atoms with Crippen molar-refractivity contribution in [3.05, 3.63) is 113 Å². The highest BCUT2D eigenvalue weighted by Crippen LogP contribution is 2.38. The van der Waals surface area contributed by atoms with E-state index in [0.29, 0.717) is 4.90 Å². The van der Waals surface area contributed by atoms with Crippen LogP contribution >= 0.6 is 23.5 Å². The molecule has 0 saturated heterocycles. The number of anilines is 1. The third kappa shape index (κ3) is 8.49. The maximum atomic E-state index is 14.6. The summed E-state index contributed by atoms with van der Waals surface area (Å²) in [6.45, 7) is 3.67. The molecule has 0 amide bonds. The van der Waals surface area contributed by atoms with Crippen molar-refractivity contribution < 1.29 is 28.2 Å². The molecule has 6 nitrogen and oxygen atoms in total. The standard InChI is InChI=1S/C29H23ClFNO5S.C2H6/c1-35-29(34)22-14-23(30)28(37-18-27(33)36-17-19-8-4-2-5-9-19)26(16-22)38-32-25-15-21(12-13-24(25)31)20-10-6-3-7-11-20;1-2/h2-16,32H,17-18H2,1H3;1-2H3. The Hall–Kier alpha value is -4.01. The van der Waals surface area contributed by atoms with E-state index >= 15 is 0 Å². The van der Waals surface area contributed by atoms with Gasteiger partial charge >= 0.3 is 11.9 Å². The lowest BCUT2D eigenvalue weighted by Crippen LogP contribution is -2.15. The average Bonchev–Trinajstić information content (AvgIpc) is 3.00. The first-order valence-corrected chi connectivity index (χ1v) is 13.7. The van der Waals surface area contributed by atoms with Gasteiger partial charge in [0, 0.05) is 0 Å². The fourth-order valence-corrected chi connectivity index (χ4v) is 4.61. The van der Waals surface area contributed by atoms with Gasteiger partial charge in [-0.15, -0.1) is 0 Å². The van der Waals surface area contributed by atoms with Crippen LogP contribution in [-0.4, -0.2) is 25.7 Å². The lowest BCUT2D eigenvalue weighted by Gasteiger charge is -2.15. The largest absolute Gasteiger partial charge is 0.479 e. The summed E-state index contributed by atoms with van der Waals surface area (Å²) in [5.74, 6) is -1.56. The molecule has 0 aliphatic rings. The summed E-state index contributed by atoms with van der Waals surface area (Å²) in [4.78, 5) is 24.8. The molecule has 0 bridgehead atoms. The summed E-state index contributed by atoms with van der Waals surface area (Å²) in [7, 11) is 1.25. The lowest BCUT2D eigenvalue weighted by atomic mass is 10.1. The number of benzene rings is 4. The Kier molecular flexibility index (Phi) is 11.9. The lowest BCUT2D eigenvalue weighted by molar-refractivity contribution is -0.147. The molecule has 0 unspecified atom stereocenters. The number of halogens is 2. The van der Waals surface area contributed by atoms with E-state index in [1.165, 1.54) is 25.3 Å². The highest BCUT2D eigenvalue weighted by molar-refractivity contribution is 8.00. The van der Waals surface area contributed by atoms with Crippen molar-refractivity contribution in [3.63, 3.8) is 0 Å². The SMILES string of the molecule is CC.COC(=O)c1cc(Cl)c(OCC(=O)OCc2ccccc2)c(SNc2cc(-c3ccccc3)ccc2F)c1. The second-order valence-corrected chi connectivity index (χ2v) is 9.23. The van der Waals surface area contributed by atoms with Crippen molar-refractivity contribution in [2.24, 2.45) is 0 Å². The van der Waals surface area contributed by atoms with E-state index in [1.807, 2.05) is 74.5 Å². The summed E-state index contributed by atoms with van der Waals surface area (Å²) >= 11 is 7.39. The summed E-state index contributed by atoms with van der Waals surface area (Å²) in [5.41, 5.74) is 2.95. The Morgan fingerprint density at radius 1 is 0.900 bits per heavy atom. The summed E-state index contributed by atoms with van der Waals surface area (Å²) in [6.07, 6.45) is 0. The monoisotopic (exact) mass is 581 g/mol. The summed E-state index contributed by atoms with van der Waals surface area (Å²) in [5, 5.41) is 0.0755. The molecule has 4 aromatic carbocycles. The average molecular weight is 582 g/mol. The first kappa shape index (κ1) is 30.5. The number of carbonyl (C=O) groups excluding carboxylic acids is 2. The van der Waals surface area contributed by atoms with Crippen molar-refractivity contribution in [1.82, 2.24) is 0 Å². The van der Waals surface area contributed by atoms with Gasteiger partial charge in [-0.2, -0.15) is 0 Å². The molecule has 1 N–H and O–H groups in total. The van der Waals surface area contributed by atoms with Crippen LogP contribution in [0.5, 0.6) is 5.75 Å².